The van der Waals surface area contributed by atoms with Crippen LogP contribution in [0.4, 0.5) is 0 Å². The summed E-state index contributed by atoms with van der Waals surface area (Å²) in [7, 11) is 0. The van der Waals surface area contributed by atoms with Crippen molar-refractivity contribution < 1.29 is 9.90 Å². The van der Waals surface area contributed by atoms with Crippen molar-refractivity contribution in [3.63, 3.8) is 0 Å². The molecule has 0 bridgehead atoms. The maximum atomic E-state index is 11.9. The molecule has 1 rings (SSSR count). The second-order valence-electron chi connectivity index (χ2n) is 5.64. The number of aliphatic hydroxyl groups is 1. The number of carbonyl (C=O) groups excluding carboxylic acids is 1. The molecular weight excluding hydrogens is 224 g/mol. The van der Waals surface area contributed by atoms with Gasteiger partial charge in [0, 0.05) is 18.4 Å². The van der Waals surface area contributed by atoms with E-state index in [0.29, 0.717) is 18.1 Å². The lowest BCUT2D eigenvalue weighted by Crippen LogP contribution is -2.12. The quantitative estimate of drug-likeness (QED) is 0.522. The van der Waals surface area contributed by atoms with Gasteiger partial charge < -0.3 is 5.11 Å². The molecule has 18 heavy (non-hydrogen) atoms. The predicted molar refractivity (Wildman–Crippen MR) is 75.6 cm³/mol. The maximum Gasteiger partial charge on any atom is 0.159 e. The van der Waals surface area contributed by atoms with E-state index >= 15 is 0 Å². The maximum absolute atomic E-state index is 11.9. The van der Waals surface area contributed by atoms with Gasteiger partial charge in [-0.1, -0.05) is 52.4 Å². The number of ketones is 1. The number of allylic oxidation sites excluding steroid dienone is 2. The van der Waals surface area contributed by atoms with E-state index in [2.05, 4.69) is 13.8 Å². The second-order valence-corrected chi connectivity index (χ2v) is 5.64. The van der Waals surface area contributed by atoms with E-state index in [4.69, 9.17) is 0 Å². The van der Waals surface area contributed by atoms with Crippen LogP contribution in [0.25, 0.3) is 0 Å². The van der Waals surface area contributed by atoms with Gasteiger partial charge >= 0.3 is 0 Å². The number of carbonyl (C=O) groups is 1. The van der Waals surface area contributed by atoms with Crippen molar-refractivity contribution in [2.75, 3.05) is 0 Å². The second kappa shape index (κ2) is 8.34. The first-order valence-corrected chi connectivity index (χ1v) is 7.60. The van der Waals surface area contributed by atoms with E-state index < -0.39 is 0 Å². The van der Waals surface area contributed by atoms with Crippen molar-refractivity contribution in [3.05, 3.63) is 11.8 Å². The lowest BCUT2D eigenvalue weighted by atomic mass is 9.85. The average molecular weight is 252 g/mol. The molecule has 1 N–H and O–H groups in total. The van der Waals surface area contributed by atoms with E-state index in [0.717, 1.165) is 19.3 Å². The van der Waals surface area contributed by atoms with Crippen LogP contribution < -0.4 is 0 Å². The summed E-state index contributed by atoms with van der Waals surface area (Å²) in [6, 6.07) is 0. The number of hydrogen-bond donors (Lipinski definition) is 1. The molecule has 0 amide bonds. The van der Waals surface area contributed by atoms with Crippen molar-refractivity contribution >= 4 is 5.78 Å². The van der Waals surface area contributed by atoms with Crippen molar-refractivity contribution in [1.82, 2.24) is 0 Å². The van der Waals surface area contributed by atoms with Crippen LogP contribution >= 0.6 is 0 Å². The fourth-order valence-electron chi connectivity index (χ4n) is 2.93. The van der Waals surface area contributed by atoms with Crippen LogP contribution in [0.15, 0.2) is 11.8 Å². The molecule has 0 radical (unpaired) electrons. The topological polar surface area (TPSA) is 37.3 Å². The van der Waals surface area contributed by atoms with Crippen LogP contribution in [0.3, 0.4) is 0 Å². The van der Waals surface area contributed by atoms with Crippen LogP contribution in [0.5, 0.6) is 0 Å². The Balaban J connectivity index is 2.44. The summed E-state index contributed by atoms with van der Waals surface area (Å²) in [5.41, 5.74) is 0. The fourth-order valence-corrected chi connectivity index (χ4v) is 2.93. The van der Waals surface area contributed by atoms with Gasteiger partial charge in [0.15, 0.2) is 5.78 Å². The minimum absolute atomic E-state index is 0.119. The van der Waals surface area contributed by atoms with E-state index in [1.165, 1.54) is 38.2 Å². The Labute approximate surface area is 111 Å². The van der Waals surface area contributed by atoms with Gasteiger partial charge in [-0.2, -0.15) is 0 Å². The molecule has 0 aliphatic heterocycles. The summed E-state index contributed by atoms with van der Waals surface area (Å²) in [6.45, 7) is 4.18. The third kappa shape index (κ3) is 5.24. The Kier molecular flexibility index (Phi) is 7.07. The zero-order valence-electron chi connectivity index (χ0n) is 12.0. The number of hydrogen-bond acceptors (Lipinski definition) is 2. The van der Waals surface area contributed by atoms with Gasteiger partial charge in [0.2, 0.25) is 0 Å². The highest BCUT2D eigenvalue weighted by Gasteiger charge is 2.17. The molecule has 0 spiro atoms. The SMILES string of the molecule is CCCC(CC)/C(O)=C/C(=O)CC1CCCCC1. The van der Waals surface area contributed by atoms with Gasteiger partial charge in [-0.15, -0.1) is 0 Å². The summed E-state index contributed by atoms with van der Waals surface area (Å²) < 4.78 is 0. The molecule has 1 atom stereocenters. The first-order chi connectivity index (χ1) is 8.67. The molecule has 1 unspecified atom stereocenters. The minimum Gasteiger partial charge on any atom is -0.512 e. The Hall–Kier alpha value is -0.790. The van der Waals surface area contributed by atoms with E-state index in [1.54, 1.807) is 0 Å². The van der Waals surface area contributed by atoms with Crippen molar-refractivity contribution in [1.29, 1.82) is 0 Å². The largest absolute Gasteiger partial charge is 0.512 e. The van der Waals surface area contributed by atoms with Gasteiger partial charge in [0.1, 0.15) is 0 Å². The Morgan fingerprint density at radius 2 is 1.94 bits per heavy atom. The lowest BCUT2D eigenvalue weighted by molar-refractivity contribution is -0.115. The number of rotatable bonds is 7. The molecule has 0 heterocycles. The van der Waals surface area contributed by atoms with Crippen LogP contribution in [-0.2, 0) is 4.79 Å². The minimum atomic E-state index is 0.119. The summed E-state index contributed by atoms with van der Waals surface area (Å²) in [5.74, 6) is 1.15. The standard InChI is InChI=1S/C16H28O2/c1-3-8-14(4-2)16(18)12-15(17)11-13-9-6-5-7-10-13/h12-14,18H,3-11H2,1-2H3/b16-12-. The highest BCUT2D eigenvalue weighted by molar-refractivity contribution is 5.90. The Morgan fingerprint density at radius 3 is 2.50 bits per heavy atom. The molecule has 1 aliphatic rings. The Morgan fingerprint density at radius 1 is 1.28 bits per heavy atom. The zero-order chi connectivity index (χ0) is 13.4. The van der Waals surface area contributed by atoms with Crippen LogP contribution in [0.2, 0.25) is 0 Å². The Bertz CT molecular complexity index is 275. The molecule has 2 heteroatoms. The van der Waals surface area contributed by atoms with E-state index in [-0.39, 0.29) is 11.7 Å². The highest BCUT2D eigenvalue weighted by Crippen LogP contribution is 2.27. The predicted octanol–water partition coefficient (Wildman–Crippen LogP) is 4.79. The summed E-state index contributed by atoms with van der Waals surface area (Å²) in [4.78, 5) is 11.9. The van der Waals surface area contributed by atoms with Crippen molar-refractivity contribution in [2.45, 2.75) is 71.6 Å². The monoisotopic (exact) mass is 252 g/mol. The van der Waals surface area contributed by atoms with Crippen LogP contribution in [0.1, 0.15) is 71.6 Å². The highest BCUT2D eigenvalue weighted by atomic mass is 16.3. The molecule has 104 valence electrons. The molecule has 1 saturated carbocycles. The van der Waals surface area contributed by atoms with Gasteiger partial charge in [-0.25, -0.2) is 0 Å². The summed E-state index contributed by atoms with van der Waals surface area (Å²) in [5, 5.41) is 9.98. The molecule has 2 nitrogen and oxygen atoms in total. The third-order valence-corrected chi connectivity index (χ3v) is 4.07. The number of aliphatic hydroxyl groups excluding tert-OH is 1. The van der Waals surface area contributed by atoms with Gasteiger partial charge in [0.05, 0.1) is 5.76 Å². The summed E-state index contributed by atoms with van der Waals surface area (Å²) >= 11 is 0. The van der Waals surface area contributed by atoms with Crippen molar-refractivity contribution in [3.8, 4) is 0 Å². The van der Waals surface area contributed by atoms with E-state index in [9.17, 15) is 9.90 Å². The molecule has 0 aromatic rings. The van der Waals surface area contributed by atoms with Crippen LogP contribution in [0, 0.1) is 11.8 Å². The third-order valence-electron chi connectivity index (χ3n) is 4.07. The van der Waals surface area contributed by atoms with Crippen LogP contribution in [-0.4, -0.2) is 10.9 Å². The first-order valence-electron chi connectivity index (χ1n) is 7.60. The normalized spacial score (nSPS) is 19.8. The van der Waals surface area contributed by atoms with Gasteiger partial charge in [-0.05, 0) is 18.8 Å². The average Bonchev–Trinajstić information content (AvgIpc) is 2.36. The fraction of sp³-hybridized carbons (Fsp3) is 0.812. The first kappa shape index (κ1) is 15.3. The summed E-state index contributed by atoms with van der Waals surface area (Å²) in [6.07, 6.45) is 11.3. The molecule has 0 aromatic carbocycles. The molecular formula is C16H28O2. The van der Waals surface area contributed by atoms with Gasteiger partial charge in [-0.3, -0.25) is 4.79 Å². The van der Waals surface area contributed by atoms with E-state index in [1.807, 2.05) is 0 Å². The molecule has 1 fully saturated rings. The van der Waals surface area contributed by atoms with Crippen molar-refractivity contribution in [2.24, 2.45) is 11.8 Å². The van der Waals surface area contributed by atoms with Gasteiger partial charge in [0.25, 0.3) is 0 Å². The zero-order valence-corrected chi connectivity index (χ0v) is 12.0. The molecule has 0 saturated heterocycles. The smallest absolute Gasteiger partial charge is 0.159 e. The lowest BCUT2D eigenvalue weighted by Gasteiger charge is -2.20. The molecule has 1 aliphatic carbocycles. The molecule has 0 aromatic heterocycles.